The van der Waals surface area contributed by atoms with Crippen molar-refractivity contribution >= 4 is 11.6 Å². The van der Waals surface area contributed by atoms with Crippen LogP contribution in [-0.4, -0.2) is 16.5 Å². The van der Waals surface area contributed by atoms with E-state index in [0.29, 0.717) is 0 Å². The topological polar surface area (TPSA) is 37.8 Å². The van der Waals surface area contributed by atoms with E-state index in [1.54, 1.807) is 12.4 Å². The van der Waals surface area contributed by atoms with Gasteiger partial charge in [0.1, 0.15) is 0 Å². The minimum Gasteiger partial charge on any atom is -0.310 e. The van der Waals surface area contributed by atoms with E-state index in [1.165, 1.54) is 5.56 Å². The smallest absolute Gasteiger partial charge is 0.0622 e. The first-order valence-electron chi connectivity index (χ1n) is 6.87. The second-order valence-corrected chi connectivity index (χ2v) is 5.37. The van der Waals surface area contributed by atoms with Crippen LogP contribution in [0.2, 0.25) is 5.02 Å². The van der Waals surface area contributed by atoms with E-state index < -0.39 is 0 Å². The van der Waals surface area contributed by atoms with Crippen LogP contribution < -0.4 is 5.32 Å². The van der Waals surface area contributed by atoms with Crippen molar-refractivity contribution in [3.63, 3.8) is 0 Å². The van der Waals surface area contributed by atoms with Crippen molar-refractivity contribution in [2.45, 2.75) is 33.2 Å². The third kappa shape index (κ3) is 3.78. The van der Waals surface area contributed by atoms with Crippen molar-refractivity contribution in [2.24, 2.45) is 0 Å². The quantitative estimate of drug-likeness (QED) is 0.913. The molecule has 1 atom stereocenters. The van der Waals surface area contributed by atoms with Gasteiger partial charge in [0.2, 0.25) is 0 Å². The van der Waals surface area contributed by atoms with E-state index in [1.807, 2.05) is 19.9 Å². The fourth-order valence-electron chi connectivity index (χ4n) is 2.41. The summed E-state index contributed by atoms with van der Waals surface area (Å²) in [7, 11) is 0. The minimum absolute atomic E-state index is 0.236. The van der Waals surface area contributed by atoms with E-state index in [9.17, 15) is 0 Å². The van der Waals surface area contributed by atoms with Crippen molar-refractivity contribution in [1.29, 1.82) is 0 Å². The van der Waals surface area contributed by atoms with Crippen LogP contribution in [0.3, 0.4) is 0 Å². The first kappa shape index (κ1) is 14.9. The molecule has 20 heavy (non-hydrogen) atoms. The van der Waals surface area contributed by atoms with Crippen LogP contribution in [0.25, 0.3) is 0 Å². The van der Waals surface area contributed by atoms with Gasteiger partial charge in [0.15, 0.2) is 0 Å². The molecule has 0 saturated heterocycles. The van der Waals surface area contributed by atoms with Crippen LogP contribution in [0, 0.1) is 13.8 Å². The molecule has 0 aliphatic heterocycles. The number of hydrogen-bond donors (Lipinski definition) is 1. The zero-order valence-corrected chi connectivity index (χ0v) is 12.9. The van der Waals surface area contributed by atoms with Gasteiger partial charge in [0, 0.05) is 29.8 Å². The monoisotopic (exact) mass is 289 g/mol. The van der Waals surface area contributed by atoms with Crippen LogP contribution in [0.4, 0.5) is 0 Å². The average molecular weight is 290 g/mol. The molecule has 106 valence electrons. The third-order valence-corrected chi connectivity index (χ3v) is 3.58. The molecule has 0 radical (unpaired) electrons. The molecular formula is C16H20ClN3. The summed E-state index contributed by atoms with van der Waals surface area (Å²) in [5.74, 6) is 0. The lowest BCUT2D eigenvalue weighted by molar-refractivity contribution is 0.548. The predicted octanol–water partition coefficient (Wildman–Crippen LogP) is 3.64. The van der Waals surface area contributed by atoms with Crippen molar-refractivity contribution in [3.05, 3.63) is 58.1 Å². The molecule has 0 spiro atoms. The number of halogens is 1. The maximum Gasteiger partial charge on any atom is 0.0622 e. The van der Waals surface area contributed by atoms with Gasteiger partial charge in [0.25, 0.3) is 0 Å². The van der Waals surface area contributed by atoms with Gasteiger partial charge >= 0.3 is 0 Å². The summed E-state index contributed by atoms with van der Waals surface area (Å²) in [6.07, 6.45) is 4.33. The van der Waals surface area contributed by atoms with Gasteiger partial charge in [-0.15, -0.1) is 0 Å². The number of likely N-dealkylation sites (N-methyl/N-ethyl adjacent to an activating group) is 1. The fourth-order valence-corrected chi connectivity index (χ4v) is 2.61. The molecule has 3 nitrogen and oxygen atoms in total. The van der Waals surface area contributed by atoms with Crippen LogP contribution >= 0.6 is 11.6 Å². The lowest BCUT2D eigenvalue weighted by Gasteiger charge is -2.20. The molecule has 2 heterocycles. The zero-order valence-electron chi connectivity index (χ0n) is 12.2. The largest absolute Gasteiger partial charge is 0.310 e. The highest BCUT2D eigenvalue weighted by Crippen LogP contribution is 2.23. The van der Waals surface area contributed by atoms with E-state index in [4.69, 9.17) is 11.6 Å². The van der Waals surface area contributed by atoms with Gasteiger partial charge in [-0.1, -0.05) is 18.5 Å². The lowest BCUT2D eigenvalue weighted by atomic mass is 9.99. The van der Waals surface area contributed by atoms with Gasteiger partial charge in [-0.2, -0.15) is 0 Å². The average Bonchev–Trinajstić information content (AvgIpc) is 2.39. The molecular weight excluding hydrogens is 270 g/mol. The molecule has 0 bridgehead atoms. The summed E-state index contributed by atoms with van der Waals surface area (Å²) in [6.45, 7) is 7.08. The highest BCUT2D eigenvalue weighted by molar-refractivity contribution is 6.31. The first-order valence-corrected chi connectivity index (χ1v) is 7.25. The Kier molecular flexibility index (Phi) is 5.10. The standard InChI is InChI=1S/C16H20ClN3/c1-4-19-16(9-13-5-6-18-10-15(13)17)14-7-11(2)20-12(3)8-14/h5-8,10,16,19H,4,9H2,1-3H3. The highest BCUT2D eigenvalue weighted by atomic mass is 35.5. The van der Waals surface area contributed by atoms with E-state index in [-0.39, 0.29) is 6.04 Å². The molecule has 0 amide bonds. The highest BCUT2D eigenvalue weighted by Gasteiger charge is 2.14. The molecule has 4 heteroatoms. The Labute approximate surface area is 125 Å². The molecule has 0 aromatic carbocycles. The molecule has 2 aromatic heterocycles. The van der Waals surface area contributed by atoms with E-state index >= 15 is 0 Å². The summed E-state index contributed by atoms with van der Waals surface area (Å²) in [6, 6.07) is 6.48. The Morgan fingerprint density at radius 1 is 1.25 bits per heavy atom. The second-order valence-electron chi connectivity index (χ2n) is 4.96. The lowest BCUT2D eigenvalue weighted by Crippen LogP contribution is -2.23. The first-order chi connectivity index (χ1) is 9.60. The Balaban J connectivity index is 2.29. The van der Waals surface area contributed by atoms with Crippen molar-refractivity contribution in [1.82, 2.24) is 15.3 Å². The molecule has 0 fully saturated rings. The van der Waals surface area contributed by atoms with Gasteiger partial charge < -0.3 is 5.32 Å². The van der Waals surface area contributed by atoms with Crippen LogP contribution in [-0.2, 0) is 6.42 Å². The SMILES string of the molecule is CCNC(Cc1ccncc1Cl)c1cc(C)nc(C)c1. The van der Waals surface area contributed by atoms with Gasteiger partial charge in [-0.3, -0.25) is 9.97 Å². The number of nitrogens with one attached hydrogen (secondary N) is 1. The number of pyridine rings is 2. The number of aryl methyl sites for hydroxylation is 2. The maximum absolute atomic E-state index is 6.22. The third-order valence-electron chi connectivity index (χ3n) is 3.24. The molecule has 0 aliphatic carbocycles. The van der Waals surface area contributed by atoms with E-state index in [2.05, 4.69) is 34.3 Å². The molecule has 0 saturated carbocycles. The summed E-state index contributed by atoms with van der Waals surface area (Å²) in [5, 5.41) is 4.24. The molecule has 0 aliphatic rings. The fraction of sp³-hybridized carbons (Fsp3) is 0.375. The summed E-state index contributed by atoms with van der Waals surface area (Å²) >= 11 is 6.22. The van der Waals surface area contributed by atoms with Crippen LogP contribution in [0.5, 0.6) is 0 Å². The van der Waals surface area contributed by atoms with Gasteiger partial charge in [0.05, 0.1) is 5.02 Å². The minimum atomic E-state index is 0.236. The number of nitrogens with zero attached hydrogens (tertiary/aromatic N) is 2. The molecule has 2 aromatic rings. The Hall–Kier alpha value is -1.45. The molecule has 1 N–H and O–H groups in total. The van der Waals surface area contributed by atoms with Crippen LogP contribution in [0.15, 0.2) is 30.6 Å². The van der Waals surface area contributed by atoms with Crippen molar-refractivity contribution in [2.75, 3.05) is 6.54 Å². The van der Waals surface area contributed by atoms with Gasteiger partial charge in [-0.05, 0) is 56.1 Å². The Morgan fingerprint density at radius 2 is 1.95 bits per heavy atom. The summed E-state index contributed by atoms with van der Waals surface area (Å²) < 4.78 is 0. The number of rotatable bonds is 5. The molecule has 1 unspecified atom stereocenters. The predicted molar refractivity (Wildman–Crippen MR) is 83.1 cm³/mol. The van der Waals surface area contributed by atoms with E-state index in [0.717, 1.165) is 34.9 Å². The Morgan fingerprint density at radius 3 is 2.55 bits per heavy atom. The number of hydrogen-bond acceptors (Lipinski definition) is 3. The van der Waals surface area contributed by atoms with Crippen molar-refractivity contribution in [3.8, 4) is 0 Å². The summed E-state index contributed by atoms with van der Waals surface area (Å²) in [4.78, 5) is 8.47. The second kappa shape index (κ2) is 6.82. The Bertz CT molecular complexity index is 563. The molecule has 2 rings (SSSR count). The normalized spacial score (nSPS) is 12.4. The zero-order chi connectivity index (χ0) is 14.5. The van der Waals surface area contributed by atoms with Crippen LogP contribution in [0.1, 0.15) is 35.5 Å². The van der Waals surface area contributed by atoms with Crippen molar-refractivity contribution < 1.29 is 0 Å². The maximum atomic E-state index is 6.22. The number of aromatic nitrogens is 2. The summed E-state index contributed by atoms with van der Waals surface area (Å²) in [5.41, 5.74) is 4.46. The van der Waals surface area contributed by atoms with Gasteiger partial charge in [-0.25, -0.2) is 0 Å².